The molecule has 0 aliphatic carbocycles. The average Bonchev–Trinajstić information content (AvgIpc) is 2.80. The SMILES string of the molecule is C=C(C)C(=O)O.C=C(C)C(=O)O.C=Cc1ccccc1.CC=C(C)C(=O)O.OCCOCCO. The van der Waals surface area contributed by atoms with Gasteiger partial charge in [-0.05, 0) is 33.3 Å². The zero-order valence-electron chi connectivity index (χ0n) is 20.4. The summed E-state index contributed by atoms with van der Waals surface area (Å²) in [4.78, 5) is 29.1. The van der Waals surface area contributed by atoms with Crippen LogP contribution < -0.4 is 0 Å². The Labute approximate surface area is 201 Å². The highest BCUT2D eigenvalue weighted by Crippen LogP contribution is 1.97. The van der Waals surface area contributed by atoms with Gasteiger partial charge >= 0.3 is 17.9 Å². The summed E-state index contributed by atoms with van der Waals surface area (Å²) >= 11 is 0. The monoisotopic (exact) mass is 482 g/mol. The molecule has 0 amide bonds. The van der Waals surface area contributed by atoms with E-state index in [-0.39, 0.29) is 24.4 Å². The van der Waals surface area contributed by atoms with Gasteiger partial charge in [0.25, 0.3) is 0 Å². The van der Waals surface area contributed by atoms with Gasteiger partial charge in [0.2, 0.25) is 0 Å². The molecule has 1 aromatic rings. The minimum atomic E-state index is -0.935. The summed E-state index contributed by atoms with van der Waals surface area (Å²) in [6.07, 6.45) is 3.39. The van der Waals surface area contributed by atoms with Crippen LogP contribution in [0.5, 0.6) is 0 Å². The molecule has 9 nitrogen and oxygen atoms in total. The molecule has 5 N–H and O–H groups in total. The van der Waals surface area contributed by atoms with Gasteiger partial charge in [-0.15, -0.1) is 0 Å². The minimum Gasteiger partial charge on any atom is -0.478 e. The third kappa shape index (κ3) is 35.9. The lowest BCUT2D eigenvalue weighted by molar-refractivity contribution is -0.133. The lowest BCUT2D eigenvalue weighted by Gasteiger charge is -1.94. The van der Waals surface area contributed by atoms with E-state index >= 15 is 0 Å². The minimum absolute atomic E-state index is 0.0278. The normalized spacial score (nSPS) is 8.94. The first-order chi connectivity index (χ1) is 15.8. The fourth-order valence-electron chi connectivity index (χ4n) is 0.944. The van der Waals surface area contributed by atoms with Crippen LogP contribution in [0.4, 0.5) is 0 Å². The van der Waals surface area contributed by atoms with Crippen molar-refractivity contribution in [1.29, 1.82) is 0 Å². The Kier molecular flexibility index (Phi) is 30.6. The lowest BCUT2D eigenvalue weighted by atomic mass is 10.2. The second kappa shape index (κ2) is 27.5. The molecule has 0 bridgehead atoms. The maximum atomic E-state index is 9.86. The lowest BCUT2D eigenvalue weighted by Crippen LogP contribution is -2.03. The van der Waals surface area contributed by atoms with Crippen LogP contribution in [0, 0.1) is 0 Å². The highest BCUT2D eigenvalue weighted by molar-refractivity contribution is 5.85. The summed E-state index contributed by atoms with van der Waals surface area (Å²) in [6.45, 7) is 16.8. The van der Waals surface area contributed by atoms with Crippen molar-refractivity contribution >= 4 is 24.0 Å². The predicted molar refractivity (Wildman–Crippen MR) is 133 cm³/mol. The molecule has 1 rings (SSSR count). The van der Waals surface area contributed by atoms with E-state index in [0.717, 1.165) is 0 Å². The molecule has 0 aliphatic heterocycles. The number of carboxylic acids is 3. The number of aliphatic carboxylic acids is 3. The van der Waals surface area contributed by atoms with Gasteiger partial charge in [0.15, 0.2) is 0 Å². The zero-order valence-corrected chi connectivity index (χ0v) is 20.4. The Hall–Kier alpha value is -3.53. The quantitative estimate of drug-likeness (QED) is 0.275. The molecule has 0 radical (unpaired) electrons. The number of ether oxygens (including phenoxy) is 1. The zero-order chi connectivity index (χ0) is 27.5. The van der Waals surface area contributed by atoms with Gasteiger partial charge in [-0.2, -0.15) is 0 Å². The van der Waals surface area contributed by atoms with E-state index in [0.29, 0.717) is 18.8 Å². The molecule has 0 saturated heterocycles. The van der Waals surface area contributed by atoms with Crippen molar-refractivity contribution in [2.24, 2.45) is 0 Å². The first-order valence-corrected chi connectivity index (χ1v) is 9.92. The Morgan fingerprint density at radius 2 is 1.18 bits per heavy atom. The molecule has 0 aromatic heterocycles. The van der Waals surface area contributed by atoms with Gasteiger partial charge < -0.3 is 30.3 Å². The second-order valence-electron chi connectivity index (χ2n) is 6.12. The molecule has 9 heteroatoms. The van der Waals surface area contributed by atoms with Crippen LogP contribution in [-0.2, 0) is 19.1 Å². The predicted octanol–water partition coefficient (Wildman–Crippen LogP) is 3.65. The van der Waals surface area contributed by atoms with E-state index in [9.17, 15) is 14.4 Å². The number of hydrogen-bond acceptors (Lipinski definition) is 6. The van der Waals surface area contributed by atoms with Crippen molar-refractivity contribution < 1.29 is 44.7 Å². The maximum Gasteiger partial charge on any atom is 0.330 e. The molecule has 0 fully saturated rings. The summed E-state index contributed by atoms with van der Waals surface area (Å²) in [6, 6.07) is 10.0. The van der Waals surface area contributed by atoms with Crippen LogP contribution in [0.1, 0.15) is 33.3 Å². The van der Waals surface area contributed by atoms with Gasteiger partial charge in [-0.3, -0.25) is 0 Å². The largest absolute Gasteiger partial charge is 0.478 e. The van der Waals surface area contributed by atoms with Crippen molar-refractivity contribution in [2.45, 2.75) is 27.7 Å². The van der Waals surface area contributed by atoms with Crippen LogP contribution in [-0.4, -0.2) is 69.9 Å². The van der Waals surface area contributed by atoms with E-state index in [1.54, 1.807) is 19.9 Å². The standard InChI is InChI=1S/C8H8.C5H8O2.C4H10O3.2C4H6O2/c1-2-8-6-4-3-5-7-8;1-3-4(2)5(6)7;5-1-3-7-4-2-6;2*1-3(2)4(5)6/h2-7H,1H2;3H,1-2H3,(H,6,7);5-6H,1-4H2;2*1H2,2H3,(H,5,6). The van der Waals surface area contributed by atoms with Crippen molar-refractivity contribution in [1.82, 2.24) is 0 Å². The van der Waals surface area contributed by atoms with Crippen molar-refractivity contribution in [3.63, 3.8) is 0 Å². The smallest absolute Gasteiger partial charge is 0.330 e. The molecular weight excluding hydrogens is 444 g/mol. The second-order valence-corrected chi connectivity index (χ2v) is 6.12. The van der Waals surface area contributed by atoms with Crippen molar-refractivity contribution in [3.05, 3.63) is 78.4 Å². The van der Waals surface area contributed by atoms with E-state index in [1.165, 1.54) is 19.4 Å². The number of aliphatic hydroxyl groups is 2. The Morgan fingerprint density at radius 1 is 0.824 bits per heavy atom. The molecule has 0 unspecified atom stereocenters. The number of carboxylic acid groups (broad SMARTS) is 3. The van der Waals surface area contributed by atoms with Crippen LogP contribution in [0.15, 0.2) is 72.9 Å². The van der Waals surface area contributed by atoms with Gasteiger partial charge in [0, 0.05) is 16.7 Å². The summed E-state index contributed by atoms with van der Waals surface area (Å²) in [5.74, 6) is -2.72. The summed E-state index contributed by atoms with van der Waals surface area (Å²) in [7, 11) is 0. The van der Waals surface area contributed by atoms with Crippen LogP contribution in [0.3, 0.4) is 0 Å². The number of benzene rings is 1. The first kappa shape index (κ1) is 37.8. The Bertz CT molecular complexity index is 699. The highest BCUT2D eigenvalue weighted by Gasteiger charge is 1.93. The van der Waals surface area contributed by atoms with Gasteiger partial charge in [-0.1, -0.05) is 62.2 Å². The van der Waals surface area contributed by atoms with E-state index < -0.39 is 17.9 Å². The number of hydrogen-bond donors (Lipinski definition) is 5. The summed E-state index contributed by atoms with van der Waals surface area (Å²) < 4.78 is 4.63. The van der Waals surface area contributed by atoms with E-state index in [1.807, 2.05) is 36.4 Å². The Morgan fingerprint density at radius 3 is 1.32 bits per heavy atom. The molecule has 0 atom stereocenters. The molecule has 1 aromatic carbocycles. The number of allylic oxidation sites excluding steroid dienone is 1. The van der Waals surface area contributed by atoms with E-state index in [2.05, 4.69) is 24.5 Å². The number of rotatable bonds is 8. The molecule has 34 heavy (non-hydrogen) atoms. The third-order valence-corrected chi connectivity index (χ3v) is 3.01. The fraction of sp³-hybridized carbons (Fsp3) is 0.320. The van der Waals surface area contributed by atoms with Crippen molar-refractivity contribution in [3.8, 4) is 0 Å². The molecule has 0 spiro atoms. The molecule has 0 aliphatic rings. The Balaban J connectivity index is -0.000000166. The first-order valence-electron chi connectivity index (χ1n) is 9.92. The molecular formula is C25H38O9. The van der Waals surface area contributed by atoms with Gasteiger partial charge in [0.05, 0.1) is 26.4 Å². The van der Waals surface area contributed by atoms with Gasteiger partial charge in [-0.25, -0.2) is 14.4 Å². The number of aliphatic hydroxyl groups excluding tert-OH is 2. The van der Waals surface area contributed by atoms with Crippen LogP contribution >= 0.6 is 0 Å². The fourth-order valence-corrected chi connectivity index (χ4v) is 0.944. The molecule has 0 saturated carbocycles. The topological polar surface area (TPSA) is 162 Å². The van der Waals surface area contributed by atoms with E-state index in [4.69, 9.17) is 25.5 Å². The van der Waals surface area contributed by atoms with Gasteiger partial charge in [0.1, 0.15) is 0 Å². The maximum absolute atomic E-state index is 9.86. The summed E-state index contributed by atoms with van der Waals surface area (Å²) in [5, 5.41) is 40.1. The van der Waals surface area contributed by atoms with Crippen molar-refractivity contribution in [2.75, 3.05) is 26.4 Å². The number of carbonyl (C=O) groups is 3. The molecule has 192 valence electrons. The molecule has 0 heterocycles. The van der Waals surface area contributed by atoms with Crippen LogP contribution in [0.25, 0.3) is 6.08 Å². The third-order valence-electron chi connectivity index (χ3n) is 3.01. The highest BCUT2D eigenvalue weighted by atomic mass is 16.5. The average molecular weight is 483 g/mol. The summed E-state index contributed by atoms with van der Waals surface area (Å²) in [5.41, 5.74) is 1.91. The van der Waals surface area contributed by atoms with Crippen LogP contribution in [0.2, 0.25) is 0 Å².